The van der Waals surface area contributed by atoms with E-state index in [1.165, 1.54) is 0 Å². The summed E-state index contributed by atoms with van der Waals surface area (Å²) in [4.78, 5) is 22.0. The molecule has 5 heteroatoms. The first-order valence-corrected chi connectivity index (χ1v) is 4.88. The largest absolute Gasteiger partial charge is 0.444 e. The number of carbonyl (C=O) groups is 2. The predicted octanol–water partition coefficient (Wildman–Crippen LogP) is 1.58. The Kier molecular flexibility index (Phi) is 3.02. The summed E-state index contributed by atoms with van der Waals surface area (Å²) in [6.45, 7) is 5.16. The summed E-state index contributed by atoms with van der Waals surface area (Å²) >= 11 is 0. The molecule has 1 saturated carbocycles. The van der Waals surface area contributed by atoms with Crippen LogP contribution in [0.4, 0.5) is 9.18 Å². The number of aldehydes is 1. The fourth-order valence-electron chi connectivity index (χ4n) is 1.47. The maximum atomic E-state index is 12.6. The number of alkyl carbamates (subject to hydrolysis) is 1. The van der Waals surface area contributed by atoms with E-state index < -0.39 is 23.4 Å². The Labute approximate surface area is 88.2 Å². The van der Waals surface area contributed by atoms with Gasteiger partial charge in [-0.3, -0.25) is 0 Å². The van der Waals surface area contributed by atoms with Crippen LogP contribution in [0.1, 0.15) is 33.6 Å². The Balaban J connectivity index is 2.47. The number of rotatable bonds is 2. The molecule has 0 unspecified atom stereocenters. The molecule has 15 heavy (non-hydrogen) atoms. The number of hydrogen-bond acceptors (Lipinski definition) is 3. The lowest BCUT2D eigenvalue weighted by Gasteiger charge is -2.40. The fourth-order valence-corrected chi connectivity index (χ4v) is 1.47. The van der Waals surface area contributed by atoms with Gasteiger partial charge in [-0.25, -0.2) is 9.18 Å². The van der Waals surface area contributed by atoms with Gasteiger partial charge in [0, 0.05) is 12.8 Å². The van der Waals surface area contributed by atoms with Crippen LogP contribution in [-0.2, 0) is 9.53 Å². The summed E-state index contributed by atoms with van der Waals surface area (Å²) < 4.78 is 17.6. The summed E-state index contributed by atoms with van der Waals surface area (Å²) in [5.74, 6) is 0. The highest BCUT2D eigenvalue weighted by atomic mass is 19.1. The smallest absolute Gasteiger partial charge is 0.408 e. The van der Waals surface area contributed by atoms with Crippen LogP contribution in [-0.4, -0.2) is 29.7 Å². The fraction of sp³-hybridized carbons (Fsp3) is 0.800. The molecule has 1 fully saturated rings. The topological polar surface area (TPSA) is 55.4 Å². The van der Waals surface area contributed by atoms with E-state index in [9.17, 15) is 14.0 Å². The standard InChI is InChI=1S/C10H16FNO3/c1-9(2,3)15-8(14)12-10(6-13)4-7(11)5-10/h6-7H,4-5H2,1-3H3,(H,12,14). The van der Waals surface area contributed by atoms with Gasteiger partial charge in [0.1, 0.15) is 23.6 Å². The van der Waals surface area contributed by atoms with Gasteiger partial charge in [0.2, 0.25) is 0 Å². The number of amides is 1. The molecule has 1 aliphatic rings. The van der Waals surface area contributed by atoms with Crippen molar-refractivity contribution in [1.29, 1.82) is 0 Å². The van der Waals surface area contributed by atoms with Gasteiger partial charge < -0.3 is 14.8 Å². The number of carbonyl (C=O) groups excluding carboxylic acids is 2. The van der Waals surface area contributed by atoms with Gasteiger partial charge in [-0.15, -0.1) is 0 Å². The highest BCUT2D eigenvalue weighted by molar-refractivity contribution is 5.77. The van der Waals surface area contributed by atoms with Gasteiger partial charge in [0.15, 0.2) is 0 Å². The number of halogens is 1. The molecule has 0 aliphatic heterocycles. The molecule has 1 amide bonds. The van der Waals surface area contributed by atoms with E-state index >= 15 is 0 Å². The third-order valence-electron chi connectivity index (χ3n) is 2.15. The number of alkyl halides is 1. The van der Waals surface area contributed by atoms with Crippen LogP contribution in [0.25, 0.3) is 0 Å². The zero-order valence-electron chi connectivity index (χ0n) is 9.17. The number of nitrogens with one attached hydrogen (secondary N) is 1. The summed E-state index contributed by atoms with van der Waals surface area (Å²) in [6.07, 6.45) is -1.04. The molecule has 0 atom stereocenters. The van der Waals surface area contributed by atoms with E-state index in [2.05, 4.69) is 5.32 Å². The third-order valence-corrected chi connectivity index (χ3v) is 2.15. The molecule has 0 bridgehead atoms. The average molecular weight is 217 g/mol. The zero-order chi connectivity index (χ0) is 11.7. The van der Waals surface area contributed by atoms with Crippen LogP contribution in [0.3, 0.4) is 0 Å². The van der Waals surface area contributed by atoms with Gasteiger partial charge in [0.05, 0.1) is 0 Å². The van der Waals surface area contributed by atoms with Crippen molar-refractivity contribution in [3.05, 3.63) is 0 Å². The quantitative estimate of drug-likeness (QED) is 0.714. The number of hydrogen-bond donors (Lipinski definition) is 1. The van der Waals surface area contributed by atoms with Crippen molar-refractivity contribution in [1.82, 2.24) is 5.32 Å². The van der Waals surface area contributed by atoms with Gasteiger partial charge >= 0.3 is 6.09 Å². The van der Waals surface area contributed by atoms with Crippen LogP contribution in [0, 0.1) is 0 Å². The van der Waals surface area contributed by atoms with Crippen molar-refractivity contribution in [3.63, 3.8) is 0 Å². The molecule has 0 aromatic rings. The van der Waals surface area contributed by atoms with E-state index in [0.29, 0.717) is 6.29 Å². The van der Waals surface area contributed by atoms with Crippen molar-refractivity contribution < 1.29 is 18.7 Å². The lowest BCUT2D eigenvalue weighted by atomic mass is 9.76. The second-order valence-electron chi connectivity index (χ2n) is 4.91. The van der Waals surface area contributed by atoms with E-state index in [0.717, 1.165) is 0 Å². The average Bonchev–Trinajstić information content (AvgIpc) is 1.97. The lowest BCUT2D eigenvalue weighted by molar-refractivity contribution is -0.119. The minimum Gasteiger partial charge on any atom is -0.444 e. The van der Waals surface area contributed by atoms with Gasteiger partial charge in [-0.2, -0.15) is 0 Å². The van der Waals surface area contributed by atoms with E-state index in [4.69, 9.17) is 4.74 Å². The lowest BCUT2D eigenvalue weighted by Crippen LogP contribution is -2.60. The van der Waals surface area contributed by atoms with Gasteiger partial charge in [-0.05, 0) is 20.8 Å². The highest BCUT2D eigenvalue weighted by Crippen LogP contribution is 2.33. The molecule has 0 spiro atoms. The SMILES string of the molecule is CC(C)(C)OC(=O)NC1(C=O)CC(F)C1. The normalized spacial score (nSPS) is 30.3. The Morgan fingerprint density at radius 2 is 2.07 bits per heavy atom. The molecule has 0 aromatic carbocycles. The van der Waals surface area contributed by atoms with Crippen molar-refractivity contribution in [3.8, 4) is 0 Å². The van der Waals surface area contributed by atoms with Crippen molar-refractivity contribution in [2.75, 3.05) is 0 Å². The maximum Gasteiger partial charge on any atom is 0.408 e. The Bertz CT molecular complexity index is 266. The molecular weight excluding hydrogens is 201 g/mol. The second-order valence-corrected chi connectivity index (χ2v) is 4.91. The van der Waals surface area contributed by atoms with Crippen LogP contribution in [0.2, 0.25) is 0 Å². The Morgan fingerprint density at radius 3 is 2.40 bits per heavy atom. The Hall–Kier alpha value is -1.13. The monoisotopic (exact) mass is 217 g/mol. The van der Waals surface area contributed by atoms with Crippen LogP contribution in [0.15, 0.2) is 0 Å². The summed E-state index contributed by atoms with van der Waals surface area (Å²) in [5.41, 5.74) is -1.67. The molecule has 1 aliphatic carbocycles. The van der Waals surface area contributed by atoms with E-state index in [1.54, 1.807) is 20.8 Å². The van der Waals surface area contributed by atoms with Gasteiger partial charge in [0.25, 0.3) is 0 Å². The summed E-state index contributed by atoms with van der Waals surface area (Å²) in [5, 5.41) is 2.40. The first-order valence-electron chi connectivity index (χ1n) is 4.88. The molecule has 0 saturated heterocycles. The van der Waals surface area contributed by atoms with Crippen LogP contribution in [0.5, 0.6) is 0 Å². The first kappa shape index (κ1) is 11.9. The summed E-state index contributed by atoms with van der Waals surface area (Å²) in [6, 6.07) is 0. The summed E-state index contributed by atoms with van der Waals surface area (Å²) in [7, 11) is 0. The highest BCUT2D eigenvalue weighted by Gasteiger charge is 2.46. The molecule has 0 aromatic heterocycles. The molecule has 0 heterocycles. The van der Waals surface area contributed by atoms with Crippen molar-refractivity contribution in [2.45, 2.75) is 50.9 Å². The molecule has 86 valence electrons. The molecule has 0 radical (unpaired) electrons. The number of ether oxygens (including phenoxy) is 1. The molecule has 1 rings (SSSR count). The van der Waals surface area contributed by atoms with Crippen LogP contribution >= 0.6 is 0 Å². The van der Waals surface area contributed by atoms with Gasteiger partial charge in [-0.1, -0.05) is 0 Å². The second kappa shape index (κ2) is 3.79. The van der Waals surface area contributed by atoms with E-state index in [-0.39, 0.29) is 12.8 Å². The van der Waals surface area contributed by atoms with Crippen molar-refractivity contribution in [2.24, 2.45) is 0 Å². The van der Waals surface area contributed by atoms with E-state index in [1.807, 2.05) is 0 Å². The Morgan fingerprint density at radius 1 is 1.53 bits per heavy atom. The third kappa shape index (κ3) is 3.18. The maximum absolute atomic E-state index is 12.6. The first-order chi connectivity index (χ1) is 6.76. The van der Waals surface area contributed by atoms with Crippen molar-refractivity contribution >= 4 is 12.4 Å². The minimum absolute atomic E-state index is 0.0374. The minimum atomic E-state index is -1.05. The molecule has 4 nitrogen and oxygen atoms in total. The molecule has 1 N–H and O–H groups in total. The molecular formula is C10H16FNO3. The zero-order valence-corrected chi connectivity index (χ0v) is 9.17. The predicted molar refractivity (Wildman–Crippen MR) is 52.3 cm³/mol. The van der Waals surface area contributed by atoms with Crippen LogP contribution < -0.4 is 5.32 Å².